The van der Waals surface area contributed by atoms with E-state index in [1.54, 1.807) is 27.8 Å². The molecule has 34 heavy (non-hydrogen) atoms. The van der Waals surface area contributed by atoms with Crippen LogP contribution < -0.4 is 5.32 Å². The van der Waals surface area contributed by atoms with E-state index in [4.69, 9.17) is 9.47 Å². The van der Waals surface area contributed by atoms with Gasteiger partial charge in [0.15, 0.2) is 0 Å². The lowest BCUT2D eigenvalue weighted by molar-refractivity contribution is -0.0990. The smallest absolute Gasteiger partial charge is 0.412 e. The lowest BCUT2D eigenvalue weighted by Gasteiger charge is -2.48. The Bertz CT molecular complexity index is 893. The van der Waals surface area contributed by atoms with E-state index in [-0.39, 0.29) is 25.5 Å². The monoisotopic (exact) mass is 483 g/mol. The Morgan fingerprint density at radius 1 is 1.15 bits per heavy atom. The number of hydrogen-bond donors (Lipinski definition) is 1. The number of hydrogen-bond acceptors (Lipinski definition) is 5. The maximum atomic E-state index is 13.4. The molecule has 0 spiro atoms. The highest BCUT2D eigenvalue weighted by Crippen LogP contribution is 2.36. The van der Waals surface area contributed by atoms with Gasteiger partial charge in [0.2, 0.25) is 0 Å². The summed E-state index contributed by atoms with van der Waals surface area (Å²) in [6, 6.07) is 7.99. The van der Waals surface area contributed by atoms with Crippen LogP contribution in [0.2, 0.25) is 0 Å². The van der Waals surface area contributed by atoms with E-state index < -0.39 is 41.6 Å². The number of carbonyl (C=O) groups is 2. The summed E-state index contributed by atoms with van der Waals surface area (Å²) in [5.74, 6) is 0. The van der Waals surface area contributed by atoms with Crippen LogP contribution in [-0.4, -0.2) is 72.0 Å². The number of rotatable bonds is 5. The van der Waals surface area contributed by atoms with Crippen LogP contribution in [0.15, 0.2) is 42.0 Å². The summed E-state index contributed by atoms with van der Waals surface area (Å²) in [5.41, 5.74) is -0.457. The lowest BCUT2D eigenvalue weighted by Crippen LogP contribution is -2.65. The van der Waals surface area contributed by atoms with Gasteiger partial charge >= 0.3 is 18.4 Å². The first-order valence-corrected chi connectivity index (χ1v) is 11.3. The molecule has 1 saturated heterocycles. The molecule has 2 aliphatic rings. The zero-order valence-corrected chi connectivity index (χ0v) is 19.9. The van der Waals surface area contributed by atoms with Crippen LogP contribution in [0.4, 0.5) is 22.8 Å². The fraction of sp³-hybridized carbons (Fsp3) is 0.583. The molecule has 2 atom stereocenters. The van der Waals surface area contributed by atoms with Crippen LogP contribution in [0.1, 0.15) is 39.2 Å². The second kappa shape index (κ2) is 10.2. The average molecular weight is 484 g/mol. The van der Waals surface area contributed by atoms with Gasteiger partial charge in [0, 0.05) is 30.7 Å². The SMILES string of the molecule is CN(C1CN(C(=O)OCc2ccccc2)C1)[C@H]1CC(C(F)(F)F)=CC[C@@H]1NC(=O)OC(C)(C)C. The molecule has 1 aromatic carbocycles. The van der Waals surface area contributed by atoms with Crippen molar-refractivity contribution in [2.75, 3.05) is 20.1 Å². The molecule has 2 amide bonds. The zero-order valence-electron chi connectivity index (χ0n) is 19.9. The molecule has 1 N–H and O–H groups in total. The van der Waals surface area contributed by atoms with E-state index in [2.05, 4.69) is 5.32 Å². The molecule has 10 heteroatoms. The maximum absolute atomic E-state index is 13.4. The molecule has 0 unspecified atom stereocenters. The van der Waals surface area contributed by atoms with Gasteiger partial charge in [-0.15, -0.1) is 0 Å². The van der Waals surface area contributed by atoms with Crippen LogP contribution in [0.25, 0.3) is 0 Å². The minimum Gasteiger partial charge on any atom is -0.445 e. The summed E-state index contributed by atoms with van der Waals surface area (Å²) in [4.78, 5) is 28.0. The van der Waals surface area contributed by atoms with Crippen molar-refractivity contribution in [3.63, 3.8) is 0 Å². The van der Waals surface area contributed by atoms with Crippen LogP contribution in [0, 0.1) is 0 Å². The van der Waals surface area contributed by atoms with Gasteiger partial charge in [-0.2, -0.15) is 13.2 Å². The fourth-order valence-electron chi connectivity index (χ4n) is 4.09. The van der Waals surface area contributed by atoms with Gasteiger partial charge in [-0.1, -0.05) is 36.4 Å². The summed E-state index contributed by atoms with van der Waals surface area (Å²) in [7, 11) is 1.73. The Morgan fingerprint density at radius 2 is 1.79 bits per heavy atom. The largest absolute Gasteiger partial charge is 0.445 e. The minimum atomic E-state index is -4.43. The highest BCUT2D eigenvalue weighted by molar-refractivity contribution is 5.69. The van der Waals surface area contributed by atoms with Crippen molar-refractivity contribution in [1.29, 1.82) is 0 Å². The van der Waals surface area contributed by atoms with Crippen LogP contribution in [0.3, 0.4) is 0 Å². The van der Waals surface area contributed by atoms with Gasteiger partial charge < -0.3 is 19.7 Å². The Morgan fingerprint density at radius 3 is 2.38 bits per heavy atom. The standard InChI is InChI=1S/C24H32F3N3O4/c1-23(2,3)34-21(31)28-19-11-10-17(24(25,26)27)12-20(19)29(4)18-13-30(14-18)22(32)33-15-16-8-6-5-7-9-16/h5-10,18-20H,11-15H2,1-4H3,(H,28,31)/t19-,20-/m0/s1. The third-order valence-corrected chi connectivity index (χ3v) is 6.00. The van der Waals surface area contributed by atoms with Crippen molar-refractivity contribution >= 4 is 12.2 Å². The summed E-state index contributed by atoms with van der Waals surface area (Å²) in [5, 5.41) is 2.73. The van der Waals surface area contributed by atoms with Crippen molar-refractivity contribution in [3.05, 3.63) is 47.5 Å². The molecule has 1 aromatic rings. The molecule has 0 bridgehead atoms. The first-order valence-electron chi connectivity index (χ1n) is 11.3. The molecule has 1 aliphatic heterocycles. The quantitative estimate of drug-likeness (QED) is 0.626. The number of amides is 2. The number of alkyl carbamates (subject to hydrolysis) is 1. The van der Waals surface area contributed by atoms with E-state index in [0.29, 0.717) is 13.1 Å². The number of nitrogens with one attached hydrogen (secondary N) is 1. The normalized spacial score (nSPS) is 21.5. The van der Waals surface area contributed by atoms with Crippen molar-refractivity contribution in [3.8, 4) is 0 Å². The van der Waals surface area contributed by atoms with Crippen molar-refractivity contribution in [2.24, 2.45) is 0 Å². The van der Waals surface area contributed by atoms with Gasteiger partial charge in [-0.05, 0) is 46.2 Å². The molecular formula is C24H32F3N3O4. The number of benzene rings is 1. The van der Waals surface area contributed by atoms with E-state index >= 15 is 0 Å². The first-order chi connectivity index (χ1) is 15.8. The third-order valence-electron chi connectivity index (χ3n) is 6.00. The molecule has 0 aromatic heterocycles. The van der Waals surface area contributed by atoms with Crippen LogP contribution in [-0.2, 0) is 16.1 Å². The number of carbonyl (C=O) groups excluding carboxylic acids is 2. The van der Waals surface area contributed by atoms with Crippen molar-refractivity contribution < 1.29 is 32.2 Å². The van der Waals surface area contributed by atoms with Crippen molar-refractivity contribution in [1.82, 2.24) is 15.1 Å². The topological polar surface area (TPSA) is 71.1 Å². The second-order valence-electron chi connectivity index (χ2n) is 9.75. The summed E-state index contributed by atoms with van der Waals surface area (Å²) in [6.45, 7) is 5.99. The number of ether oxygens (including phenoxy) is 2. The number of alkyl halides is 3. The molecular weight excluding hydrogens is 451 g/mol. The molecule has 0 radical (unpaired) electrons. The molecule has 1 fully saturated rings. The highest BCUT2D eigenvalue weighted by Gasteiger charge is 2.44. The number of halogens is 3. The van der Waals surface area contributed by atoms with Crippen LogP contribution in [0.5, 0.6) is 0 Å². The van der Waals surface area contributed by atoms with Gasteiger partial charge in [-0.3, -0.25) is 4.90 Å². The van der Waals surface area contributed by atoms with E-state index in [1.807, 2.05) is 35.2 Å². The van der Waals surface area contributed by atoms with E-state index in [9.17, 15) is 22.8 Å². The predicted molar refractivity (Wildman–Crippen MR) is 120 cm³/mol. The van der Waals surface area contributed by atoms with Gasteiger partial charge in [0.25, 0.3) is 0 Å². The Kier molecular flexibility index (Phi) is 7.80. The van der Waals surface area contributed by atoms with Gasteiger partial charge in [-0.25, -0.2) is 9.59 Å². The predicted octanol–water partition coefficient (Wildman–Crippen LogP) is 4.48. The Labute approximate surface area is 197 Å². The summed E-state index contributed by atoms with van der Waals surface area (Å²) >= 11 is 0. The maximum Gasteiger partial charge on any atom is 0.412 e. The third kappa shape index (κ3) is 6.88. The minimum absolute atomic E-state index is 0.0403. The number of likely N-dealkylation sites (tertiary alicyclic amines) is 1. The molecule has 0 saturated carbocycles. The molecule has 3 rings (SSSR count). The second-order valence-corrected chi connectivity index (χ2v) is 9.75. The summed E-state index contributed by atoms with van der Waals surface area (Å²) in [6.07, 6.45) is -4.63. The van der Waals surface area contributed by atoms with Crippen molar-refractivity contribution in [2.45, 2.75) is 70.1 Å². The number of likely N-dealkylation sites (N-methyl/N-ethyl adjacent to an activating group) is 1. The van der Waals surface area contributed by atoms with E-state index in [0.717, 1.165) is 11.6 Å². The fourth-order valence-corrected chi connectivity index (χ4v) is 4.09. The van der Waals surface area contributed by atoms with E-state index in [1.165, 1.54) is 4.90 Å². The highest BCUT2D eigenvalue weighted by atomic mass is 19.4. The van der Waals surface area contributed by atoms with Gasteiger partial charge in [0.05, 0.1) is 6.04 Å². The Balaban J connectivity index is 1.59. The van der Waals surface area contributed by atoms with Gasteiger partial charge in [0.1, 0.15) is 12.2 Å². The Hall–Kier alpha value is -2.75. The summed E-state index contributed by atoms with van der Waals surface area (Å²) < 4.78 is 50.9. The molecule has 1 heterocycles. The zero-order chi connectivity index (χ0) is 25.1. The first kappa shape index (κ1) is 25.9. The lowest BCUT2D eigenvalue weighted by atomic mass is 9.87. The molecule has 1 aliphatic carbocycles. The average Bonchev–Trinajstić information content (AvgIpc) is 2.70. The van der Waals surface area contributed by atoms with Crippen LogP contribution >= 0.6 is 0 Å². The molecule has 188 valence electrons. The number of nitrogens with zero attached hydrogens (tertiary/aromatic N) is 2. The molecule has 7 nitrogen and oxygen atoms in total.